The molecule has 8 nitrogen and oxygen atoms in total. The first-order valence-corrected chi connectivity index (χ1v) is 10.8. The second-order valence-electron chi connectivity index (χ2n) is 8.05. The molecule has 2 fully saturated rings. The molecule has 0 unspecified atom stereocenters. The zero-order valence-corrected chi connectivity index (χ0v) is 17.4. The number of rotatable bonds is 3. The van der Waals surface area contributed by atoms with Gasteiger partial charge in [0.1, 0.15) is 29.1 Å². The van der Waals surface area contributed by atoms with Gasteiger partial charge in [-0.2, -0.15) is 0 Å². The molecule has 2 saturated heterocycles. The third-order valence-corrected chi connectivity index (χ3v) is 6.08. The van der Waals surface area contributed by atoms with Gasteiger partial charge in [0, 0.05) is 50.7 Å². The monoisotopic (exact) mass is 419 g/mol. The van der Waals surface area contributed by atoms with Gasteiger partial charge in [-0.3, -0.25) is 4.79 Å². The molecule has 4 heterocycles. The van der Waals surface area contributed by atoms with Crippen molar-refractivity contribution in [3.63, 3.8) is 0 Å². The Balaban J connectivity index is 1.28. The molecular weight excluding hydrogens is 394 g/mol. The summed E-state index contributed by atoms with van der Waals surface area (Å²) < 4.78 is 5.33. The predicted octanol–water partition coefficient (Wildman–Crippen LogP) is 2.54. The number of anilines is 2. The van der Waals surface area contributed by atoms with Crippen LogP contribution in [0.15, 0.2) is 51.9 Å². The van der Waals surface area contributed by atoms with Crippen LogP contribution in [-0.2, 0) is 0 Å². The molecule has 0 radical (unpaired) electrons. The number of para-hydroxylation sites is 1. The maximum absolute atomic E-state index is 13.0. The van der Waals surface area contributed by atoms with Crippen LogP contribution >= 0.6 is 0 Å². The Kier molecular flexibility index (Phi) is 5.28. The maximum atomic E-state index is 13.0. The zero-order valence-electron chi connectivity index (χ0n) is 17.4. The quantitative estimate of drug-likeness (QED) is 0.603. The molecule has 0 N–H and O–H groups in total. The molecular formula is C23H25N5O3. The normalized spacial score (nSPS) is 17.2. The number of aromatic nitrogens is 2. The molecule has 3 aromatic rings. The van der Waals surface area contributed by atoms with E-state index < -0.39 is 5.63 Å². The highest BCUT2D eigenvalue weighted by Crippen LogP contribution is 2.22. The fourth-order valence-corrected chi connectivity index (χ4v) is 4.33. The number of hydrogen-bond acceptors (Lipinski definition) is 7. The van der Waals surface area contributed by atoms with E-state index in [4.69, 9.17) is 4.42 Å². The molecule has 0 saturated carbocycles. The molecule has 1 aromatic carbocycles. The summed E-state index contributed by atoms with van der Waals surface area (Å²) >= 11 is 0. The van der Waals surface area contributed by atoms with Gasteiger partial charge < -0.3 is 19.1 Å². The van der Waals surface area contributed by atoms with Crippen molar-refractivity contribution in [1.29, 1.82) is 0 Å². The first kappa shape index (κ1) is 19.5. The summed E-state index contributed by atoms with van der Waals surface area (Å²) in [5.74, 6) is 1.57. The van der Waals surface area contributed by atoms with Crippen LogP contribution in [0.25, 0.3) is 11.0 Å². The summed E-state index contributed by atoms with van der Waals surface area (Å²) in [5, 5.41) is 0.746. The summed E-state index contributed by atoms with van der Waals surface area (Å²) in [6.45, 7) is 4.42. The highest BCUT2D eigenvalue weighted by molar-refractivity contribution is 5.96. The van der Waals surface area contributed by atoms with E-state index in [1.54, 1.807) is 29.4 Å². The first-order valence-electron chi connectivity index (χ1n) is 10.8. The van der Waals surface area contributed by atoms with Gasteiger partial charge >= 0.3 is 5.63 Å². The van der Waals surface area contributed by atoms with Crippen molar-refractivity contribution in [1.82, 2.24) is 14.9 Å². The largest absolute Gasteiger partial charge is 0.422 e. The molecule has 2 aliphatic heterocycles. The van der Waals surface area contributed by atoms with Gasteiger partial charge in [0.25, 0.3) is 5.91 Å². The van der Waals surface area contributed by atoms with Gasteiger partial charge in [-0.15, -0.1) is 0 Å². The number of benzene rings is 1. The summed E-state index contributed by atoms with van der Waals surface area (Å²) in [5.41, 5.74) is -0.0168. The lowest BCUT2D eigenvalue weighted by atomic mass is 10.1. The predicted molar refractivity (Wildman–Crippen MR) is 119 cm³/mol. The second-order valence-corrected chi connectivity index (χ2v) is 8.05. The van der Waals surface area contributed by atoms with E-state index in [0.29, 0.717) is 31.8 Å². The highest BCUT2D eigenvalue weighted by Gasteiger charge is 2.26. The Morgan fingerprint density at radius 3 is 2.26 bits per heavy atom. The van der Waals surface area contributed by atoms with Gasteiger partial charge in [-0.25, -0.2) is 14.8 Å². The molecule has 1 amide bonds. The van der Waals surface area contributed by atoms with Crippen LogP contribution in [0.4, 0.5) is 11.6 Å². The van der Waals surface area contributed by atoms with E-state index in [1.807, 2.05) is 18.2 Å². The topological polar surface area (TPSA) is 82.8 Å². The number of piperidine rings is 1. The summed E-state index contributed by atoms with van der Waals surface area (Å²) in [6, 6.07) is 10.9. The second kappa shape index (κ2) is 8.37. The molecule has 160 valence electrons. The third kappa shape index (κ3) is 3.97. The van der Waals surface area contributed by atoms with Crippen molar-refractivity contribution < 1.29 is 9.21 Å². The van der Waals surface area contributed by atoms with E-state index in [0.717, 1.165) is 30.1 Å². The minimum Gasteiger partial charge on any atom is -0.422 e. The third-order valence-electron chi connectivity index (χ3n) is 6.08. The van der Waals surface area contributed by atoms with Crippen LogP contribution < -0.4 is 15.4 Å². The molecule has 0 spiro atoms. The van der Waals surface area contributed by atoms with Crippen molar-refractivity contribution >= 4 is 28.5 Å². The first-order chi connectivity index (χ1) is 15.2. The van der Waals surface area contributed by atoms with Crippen LogP contribution in [-0.4, -0.2) is 60.0 Å². The Morgan fingerprint density at radius 1 is 0.839 bits per heavy atom. The van der Waals surface area contributed by atoms with E-state index >= 15 is 0 Å². The molecule has 0 bridgehead atoms. The van der Waals surface area contributed by atoms with E-state index in [2.05, 4.69) is 19.8 Å². The van der Waals surface area contributed by atoms with Gasteiger partial charge in [-0.1, -0.05) is 18.2 Å². The number of piperazine rings is 1. The molecule has 2 aromatic heterocycles. The molecule has 8 heteroatoms. The van der Waals surface area contributed by atoms with Crippen molar-refractivity contribution in [2.24, 2.45) is 0 Å². The van der Waals surface area contributed by atoms with Crippen molar-refractivity contribution in [2.75, 3.05) is 49.1 Å². The smallest absolute Gasteiger partial charge is 0.349 e. The molecule has 2 aliphatic rings. The standard InChI is InChI=1S/C23H25N5O3/c29-22(18-14-17-6-2-3-7-19(17)31-23(18)30)28-12-10-27(11-13-28)21-15-20(24-16-25-21)26-8-4-1-5-9-26/h2-3,6-7,14-16H,1,4-5,8-13H2. The van der Waals surface area contributed by atoms with Gasteiger partial charge in [0.15, 0.2) is 0 Å². The number of fused-ring (bicyclic) bond motifs is 1. The summed E-state index contributed by atoms with van der Waals surface area (Å²) in [7, 11) is 0. The molecule has 5 rings (SSSR count). The van der Waals surface area contributed by atoms with Crippen molar-refractivity contribution in [3.8, 4) is 0 Å². The minimum atomic E-state index is -0.590. The van der Waals surface area contributed by atoms with E-state index in [9.17, 15) is 9.59 Å². The van der Waals surface area contributed by atoms with Gasteiger partial charge in [0.05, 0.1) is 0 Å². The van der Waals surface area contributed by atoms with Crippen molar-refractivity contribution in [3.05, 3.63) is 58.7 Å². The Morgan fingerprint density at radius 2 is 1.52 bits per heavy atom. The summed E-state index contributed by atoms with van der Waals surface area (Å²) in [4.78, 5) is 40.4. The SMILES string of the molecule is O=C(c1cc2ccccc2oc1=O)N1CCN(c2cc(N3CCCCC3)ncn2)CC1. The average molecular weight is 419 g/mol. The average Bonchev–Trinajstić information content (AvgIpc) is 2.84. The lowest BCUT2D eigenvalue weighted by Crippen LogP contribution is -2.49. The highest BCUT2D eigenvalue weighted by atomic mass is 16.4. The van der Waals surface area contributed by atoms with Crippen LogP contribution in [0.3, 0.4) is 0 Å². The molecule has 31 heavy (non-hydrogen) atoms. The van der Waals surface area contributed by atoms with E-state index in [-0.39, 0.29) is 11.5 Å². The lowest BCUT2D eigenvalue weighted by molar-refractivity contribution is 0.0742. The Hall–Kier alpha value is -3.42. The number of carbonyl (C=O) groups is 1. The number of amides is 1. The van der Waals surface area contributed by atoms with Crippen molar-refractivity contribution in [2.45, 2.75) is 19.3 Å². The number of hydrogen-bond donors (Lipinski definition) is 0. The zero-order chi connectivity index (χ0) is 21.2. The fraction of sp³-hybridized carbons (Fsp3) is 0.391. The van der Waals surface area contributed by atoms with Crippen LogP contribution in [0, 0.1) is 0 Å². The number of nitrogens with zero attached hydrogens (tertiary/aromatic N) is 5. The van der Waals surface area contributed by atoms with Gasteiger partial charge in [-0.05, 0) is 31.4 Å². The van der Waals surface area contributed by atoms with Crippen LogP contribution in [0.5, 0.6) is 0 Å². The van der Waals surface area contributed by atoms with Crippen LogP contribution in [0.1, 0.15) is 29.6 Å². The maximum Gasteiger partial charge on any atom is 0.349 e. The lowest BCUT2D eigenvalue weighted by Gasteiger charge is -2.35. The summed E-state index contributed by atoms with van der Waals surface area (Å²) in [6.07, 6.45) is 5.29. The molecule has 0 atom stereocenters. The minimum absolute atomic E-state index is 0.0848. The number of carbonyl (C=O) groups excluding carboxylic acids is 1. The van der Waals surface area contributed by atoms with E-state index in [1.165, 1.54) is 19.3 Å². The Bertz CT molecular complexity index is 1150. The van der Waals surface area contributed by atoms with Gasteiger partial charge in [0.2, 0.25) is 0 Å². The molecule has 0 aliphatic carbocycles. The fourth-order valence-electron chi connectivity index (χ4n) is 4.33. The Labute approximate surface area is 180 Å². The van der Waals surface area contributed by atoms with Crippen LogP contribution in [0.2, 0.25) is 0 Å².